The Hall–Kier alpha value is -2.66. The largest absolute Gasteiger partial charge is 0.872 e. The van der Waals surface area contributed by atoms with Crippen LogP contribution in [0.15, 0.2) is 42.4 Å². The van der Waals surface area contributed by atoms with Gasteiger partial charge in [-0.05, 0) is 56.0 Å². The van der Waals surface area contributed by atoms with Crippen molar-refractivity contribution in [1.82, 2.24) is 4.98 Å². The van der Waals surface area contributed by atoms with Crippen molar-refractivity contribution in [1.29, 1.82) is 0 Å². The number of ether oxygens (including phenoxy) is 1. The van der Waals surface area contributed by atoms with E-state index in [1.165, 1.54) is 30.2 Å². The van der Waals surface area contributed by atoms with Gasteiger partial charge >= 0.3 is 0 Å². The van der Waals surface area contributed by atoms with Crippen LogP contribution in [-0.2, 0) is 6.54 Å². The lowest BCUT2D eigenvalue weighted by Crippen LogP contribution is -3.14. The first-order valence-electron chi connectivity index (χ1n) is 9.15. The third-order valence-electron chi connectivity index (χ3n) is 5.39. The lowest BCUT2D eigenvalue weighted by molar-refractivity contribution is -0.942. The number of rotatable bonds is 3. The van der Waals surface area contributed by atoms with Crippen molar-refractivity contribution in [3.63, 3.8) is 0 Å². The van der Waals surface area contributed by atoms with Crippen LogP contribution in [0.2, 0.25) is 0 Å². The van der Waals surface area contributed by atoms with Crippen molar-refractivity contribution >= 4 is 11.9 Å². The Balaban J connectivity index is 1.66. The molecule has 26 heavy (non-hydrogen) atoms. The van der Waals surface area contributed by atoms with E-state index in [1.807, 2.05) is 12.1 Å². The number of quaternary nitrogens is 1. The number of fused-ring (bicyclic) bond motifs is 1. The number of likely N-dealkylation sites (tertiary alicyclic amines) is 1. The fourth-order valence-electron chi connectivity index (χ4n) is 3.81. The monoisotopic (exact) mass is 350 g/mol. The van der Waals surface area contributed by atoms with Gasteiger partial charge in [0.2, 0.25) is 5.78 Å². The van der Waals surface area contributed by atoms with E-state index in [-0.39, 0.29) is 17.3 Å². The zero-order valence-electron chi connectivity index (χ0n) is 14.8. The topological polar surface area (TPSA) is 66.7 Å². The van der Waals surface area contributed by atoms with E-state index < -0.39 is 0 Å². The van der Waals surface area contributed by atoms with Gasteiger partial charge in [0.05, 0.1) is 18.2 Å². The van der Waals surface area contributed by atoms with Crippen molar-refractivity contribution in [2.45, 2.75) is 38.8 Å². The van der Waals surface area contributed by atoms with Crippen LogP contribution in [-0.4, -0.2) is 23.4 Å². The Kier molecular flexibility index (Phi) is 4.47. The number of carbonyl (C=O) groups is 1. The first-order chi connectivity index (χ1) is 12.6. The van der Waals surface area contributed by atoms with Crippen LogP contribution in [0.3, 0.4) is 0 Å². The number of pyridine rings is 1. The van der Waals surface area contributed by atoms with Gasteiger partial charge in [-0.15, -0.1) is 0 Å². The molecular formula is C21H22N2O3. The summed E-state index contributed by atoms with van der Waals surface area (Å²) in [5, 5.41) is 12.5. The Morgan fingerprint density at radius 2 is 2.08 bits per heavy atom. The van der Waals surface area contributed by atoms with E-state index in [9.17, 15) is 9.90 Å². The number of hydrogen-bond acceptors (Lipinski definition) is 4. The second-order valence-electron chi connectivity index (χ2n) is 7.12. The molecule has 4 rings (SSSR count). The first kappa shape index (κ1) is 16.8. The molecule has 2 aromatic rings. The average molecular weight is 350 g/mol. The Labute approximate surface area is 152 Å². The second-order valence-corrected chi connectivity index (χ2v) is 7.12. The van der Waals surface area contributed by atoms with E-state index >= 15 is 0 Å². The number of allylic oxidation sites excluding steroid dienone is 1. The quantitative estimate of drug-likeness (QED) is 0.856. The molecule has 5 heteroatoms. The summed E-state index contributed by atoms with van der Waals surface area (Å²) >= 11 is 0. The molecule has 2 unspecified atom stereocenters. The Bertz CT molecular complexity index is 861. The van der Waals surface area contributed by atoms with Crippen molar-refractivity contribution < 1.29 is 19.5 Å². The molecule has 1 saturated heterocycles. The molecule has 2 aliphatic heterocycles. The highest BCUT2D eigenvalue weighted by atomic mass is 16.5. The molecular weight excluding hydrogens is 328 g/mol. The van der Waals surface area contributed by atoms with Gasteiger partial charge in [0.1, 0.15) is 12.3 Å². The van der Waals surface area contributed by atoms with Crippen LogP contribution < -0.4 is 14.7 Å². The Morgan fingerprint density at radius 3 is 2.85 bits per heavy atom. The minimum Gasteiger partial charge on any atom is -0.872 e. The molecule has 0 saturated carbocycles. The highest BCUT2D eigenvalue weighted by Gasteiger charge is 2.32. The van der Waals surface area contributed by atoms with Gasteiger partial charge in [0.15, 0.2) is 5.76 Å². The zero-order valence-corrected chi connectivity index (χ0v) is 14.8. The molecule has 1 N–H and O–H groups in total. The van der Waals surface area contributed by atoms with E-state index in [4.69, 9.17) is 4.74 Å². The van der Waals surface area contributed by atoms with E-state index in [0.29, 0.717) is 29.5 Å². The summed E-state index contributed by atoms with van der Waals surface area (Å²) in [7, 11) is 0. The molecule has 3 heterocycles. The number of hydrogen-bond donors (Lipinski definition) is 1. The number of piperidine rings is 1. The molecule has 1 aromatic carbocycles. The van der Waals surface area contributed by atoms with Crippen LogP contribution in [0.1, 0.15) is 47.7 Å². The highest BCUT2D eigenvalue weighted by Crippen LogP contribution is 2.38. The number of nitrogens with one attached hydrogen (secondary N) is 1. The Morgan fingerprint density at radius 1 is 1.27 bits per heavy atom. The van der Waals surface area contributed by atoms with Crippen molar-refractivity contribution in [2.24, 2.45) is 0 Å². The normalized spacial score (nSPS) is 23.7. The first-order valence-corrected chi connectivity index (χ1v) is 9.15. The SMILES string of the molecule is CC1CCCC[NH+]1Cc1c([O-])ccc2c1O/C(=C\c1ccncc1)C2=O. The minimum atomic E-state index is -0.167. The smallest absolute Gasteiger partial charge is 0.231 e. The predicted molar refractivity (Wildman–Crippen MR) is 95.9 cm³/mol. The zero-order chi connectivity index (χ0) is 18.1. The predicted octanol–water partition coefficient (Wildman–Crippen LogP) is 1.73. The summed E-state index contributed by atoms with van der Waals surface area (Å²) in [6, 6.07) is 7.23. The van der Waals surface area contributed by atoms with Gasteiger partial charge in [0.25, 0.3) is 0 Å². The molecule has 0 radical (unpaired) electrons. The minimum absolute atomic E-state index is 0.0491. The van der Waals surface area contributed by atoms with Gasteiger partial charge in [-0.2, -0.15) is 0 Å². The third-order valence-corrected chi connectivity index (χ3v) is 5.39. The molecule has 0 amide bonds. The molecule has 5 nitrogen and oxygen atoms in total. The van der Waals surface area contributed by atoms with Gasteiger partial charge in [0, 0.05) is 18.0 Å². The van der Waals surface area contributed by atoms with Crippen molar-refractivity contribution in [3.8, 4) is 11.5 Å². The number of Topliss-reactive ketones (excluding diaryl/α,β-unsaturated/α-hetero) is 1. The van der Waals surface area contributed by atoms with Crippen LogP contribution in [0.25, 0.3) is 6.08 Å². The van der Waals surface area contributed by atoms with Crippen molar-refractivity contribution in [3.05, 3.63) is 59.1 Å². The molecule has 0 aliphatic carbocycles. The molecule has 2 atom stereocenters. The second kappa shape index (κ2) is 6.92. The summed E-state index contributed by atoms with van der Waals surface area (Å²) < 4.78 is 5.89. The van der Waals surface area contributed by atoms with Crippen LogP contribution >= 0.6 is 0 Å². The molecule has 0 spiro atoms. The maximum Gasteiger partial charge on any atom is 0.231 e. The van der Waals surface area contributed by atoms with Gasteiger partial charge in [-0.1, -0.05) is 11.8 Å². The number of ketones is 1. The van der Waals surface area contributed by atoms with Gasteiger partial charge in [-0.3, -0.25) is 9.78 Å². The summed E-state index contributed by atoms with van der Waals surface area (Å²) in [5.74, 6) is 0.500. The maximum absolute atomic E-state index is 12.7. The number of carbonyl (C=O) groups excluding carboxylic acids is 1. The van der Waals surface area contributed by atoms with E-state index in [0.717, 1.165) is 12.1 Å². The van der Waals surface area contributed by atoms with Crippen LogP contribution in [0, 0.1) is 0 Å². The number of benzene rings is 1. The molecule has 0 bridgehead atoms. The van der Waals surface area contributed by atoms with Gasteiger partial charge < -0.3 is 14.7 Å². The fraction of sp³-hybridized carbons (Fsp3) is 0.333. The van der Waals surface area contributed by atoms with E-state index in [2.05, 4.69) is 11.9 Å². The summed E-state index contributed by atoms with van der Waals surface area (Å²) in [5.41, 5.74) is 1.96. The highest BCUT2D eigenvalue weighted by molar-refractivity contribution is 6.14. The average Bonchev–Trinajstić information content (AvgIpc) is 2.96. The number of nitrogens with zero attached hydrogens (tertiary/aromatic N) is 1. The molecule has 2 aliphatic rings. The van der Waals surface area contributed by atoms with Crippen molar-refractivity contribution in [2.75, 3.05) is 6.54 Å². The summed E-state index contributed by atoms with van der Waals surface area (Å²) in [4.78, 5) is 18.1. The summed E-state index contributed by atoms with van der Waals surface area (Å²) in [6.07, 6.45) is 8.63. The van der Waals surface area contributed by atoms with Gasteiger partial charge in [-0.25, -0.2) is 0 Å². The van der Waals surface area contributed by atoms with E-state index in [1.54, 1.807) is 24.5 Å². The molecule has 134 valence electrons. The van der Waals surface area contributed by atoms with Crippen LogP contribution in [0.4, 0.5) is 0 Å². The number of aromatic nitrogens is 1. The molecule has 1 aromatic heterocycles. The lowest BCUT2D eigenvalue weighted by Gasteiger charge is -2.31. The maximum atomic E-state index is 12.7. The standard InChI is InChI=1S/C21H22N2O3/c1-14-4-2-3-11-23(14)13-17-18(24)6-5-16-20(25)19(26-21(16)17)12-15-7-9-22-10-8-15/h5-10,12,14,24H,2-4,11,13H2,1H3/b19-12-. The lowest BCUT2D eigenvalue weighted by atomic mass is 10.0. The molecule has 1 fully saturated rings. The van der Waals surface area contributed by atoms with Crippen LogP contribution in [0.5, 0.6) is 11.5 Å². The third kappa shape index (κ3) is 3.10. The fourth-order valence-corrected chi connectivity index (χ4v) is 3.81. The summed E-state index contributed by atoms with van der Waals surface area (Å²) in [6.45, 7) is 3.89.